The SMILES string of the molecule is CCc1ccc(C(=O)Nc2c(-c3cccc(Cl)c3)nc3cc(C)ccn23)cc1. The zero-order valence-electron chi connectivity index (χ0n) is 15.7. The fourth-order valence-corrected chi connectivity index (χ4v) is 3.36. The van der Waals surface area contributed by atoms with Gasteiger partial charge in [0.1, 0.15) is 17.2 Å². The number of imidazole rings is 1. The number of anilines is 1. The molecule has 0 bridgehead atoms. The largest absolute Gasteiger partial charge is 0.306 e. The Labute approximate surface area is 168 Å². The van der Waals surface area contributed by atoms with Crippen LogP contribution in [0.3, 0.4) is 0 Å². The Morgan fingerprint density at radius 3 is 2.61 bits per heavy atom. The van der Waals surface area contributed by atoms with E-state index in [1.54, 1.807) is 0 Å². The van der Waals surface area contributed by atoms with Gasteiger partial charge in [0.25, 0.3) is 5.91 Å². The molecule has 0 aliphatic heterocycles. The molecule has 4 aromatic rings. The van der Waals surface area contributed by atoms with Crippen molar-refractivity contribution in [2.45, 2.75) is 20.3 Å². The average Bonchev–Trinajstić information content (AvgIpc) is 3.05. The van der Waals surface area contributed by atoms with Crippen LogP contribution in [0.25, 0.3) is 16.9 Å². The van der Waals surface area contributed by atoms with E-state index in [9.17, 15) is 4.79 Å². The van der Waals surface area contributed by atoms with E-state index in [1.807, 2.05) is 78.2 Å². The standard InChI is InChI=1S/C23H20ClN3O/c1-3-16-7-9-17(10-8-16)23(28)26-22-21(18-5-4-6-19(24)14-18)25-20-13-15(2)11-12-27(20)22/h4-14H,3H2,1-2H3,(H,26,28). The van der Waals surface area contributed by atoms with Gasteiger partial charge in [-0.15, -0.1) is 0 Å². The number of carbonyl (C=O) groups is 1. The Morgan fingerprint density at radius 1 is 1.11 bits per heavy atom. The van der Waals surface area contributed by atoms with Crippen LogP contribution in [0.5, 0.6) is 0 Å². The summed E-state index contributed by atoms with van der Waals surface area (Å²) in [6.07, 6.45) is 2.86. The van der Waals surface area contributed by atoms with Crippen LogP contribution in [0.4, 0.5) is 5.82 Å². The van der Waals surface area contributed by atoms with E-state index in [1.165, 1.54) is 5.56 Å². The molecule has 0 aliphatic rings. The number of nitrogens with zero attached hydrogens (tertiary/aromatic N) is 2. The fraction of sp³-hybridized carbons (Fsp3) is 0.130. The highest BCUT2D eigenvalue weighted by Gasteiger charge is 2.17. The molecule has 0 spiro atoms. The smallest absolute Gasteiger partial charge is 0.256 e. The lowest BCUT2D eigenvalue weighted by atomic mass is 10.1. The van der Waals surface area contributed by atoms with E-state index in [4.69, 9.17) is 16.6 Å². The van der Waals surface area contributed by atoms with Crippen molar-refractivity contribution in [3.8, 4) is 11.3 Å². The summed E-state index contributed by atoms with van der Waals surface area (Å²) in [5, 5.41) is 3.67. The first-order valence-corrected chi connectivity index (χ1v) is 9.58. The Balaban J connectivity index is 1.79. The van der Waals surface area contributed by atoms with E-state index in [0.717, 1.165) is 23.2 Å². The molecule has 140 valence electrons. The van der Waals surface area contributed by atoms with Gasteiger partial charge in [0.05, 0.1) is 0 Å². The number of amides is 1. The molecule has 0 fully saturated rings. The van der Waals surface area contributed by atoms with Gasteiger partial charge in [-0.2, -0.15) is 0 Å². The van der Waals surface area contributed by atoms with Crippen molar-refractivity contribution in [1.29, 1.82) is 0 Å². The molecule has 2 aromatic heterocycles. The minimum absolute atomic E-state index is 0.173. The van der Waals surface area contributed by atoms with Crippen molar-refractivity contribution in [3.63, 3.8) is 0 Å². The second kappa shape index (κ2) is 7.49. The molecule has 0 saturated heterocycles. The molecule has 4 nitrogen and oxygen atoms in total. The number of nitrogens with one attached hydrogen (secondary N) is 1. The van der Waals surface area contributed by atoms with E-state index < -0.39 is 0 Å². The molecule has 0 unspecified atom stereocenters. The van der Waals surface area contributed by atoms with E-state index in [0.29, 0.717) is 22.1 Å². The summed E-state index contributed by atoms with van der Waals surface area (Å²) in [4.78, 5) is 17.6. The number of aryl methyl sites for hydroxylation is 2. The van der Waals surface area contributed by atoms with Crippen LogP contribution in [0.15, 0.2) is 66.9 Å². The number of fused-ring (bicyclic) bond motifs is 1. The highest BCUT2D eigenvalue weighted by Crippen LogP contribution is 2.31. The maximum Gasteiger partial charge on any atom is 0.256 e. The predicted octanol–water partition coefficient (Wildman–Crippen LogP) is 5.78. The van der Waals surface area contributed by atoms with Crippen LogP contribution < -0.4 is 5.32 Å². The van der Waals surface area contributed by atoms with Crippen LogP contribution in [0.1, 0.15) is 28.4 Å². The third kappa shape index (κ3) is 3.51. The first kappa shape index (κ1) is 18.3. The summed E-state index contributed by atoms with van der Waals surface area (Å²) >= 11 is 6.18. The number of halogens is 1. The maximum atomic E-state index is 12.9. The summed E-state index contributed by atoms with van der Waals surface area (Å²) in [5.41, 5.74) is 5.21. The Morgan fingerprint density at radius 2 is 1.89 bits per heavy atom. The quantitative estimate of drug-likeness (QED) is 0.481. The number of pyridine rings is 1. The van der Waals surface area contributed by atoms with Gasteiger partial charge >= 0.3 is 0 Å². The minimum atomic E-state index is -0.173. The van der Waals surface area contributed by atoms with Gasteiger partial charge in [0, 0.05) is 22.3 Å². The molecule has 0 radical (unpaired) electrons. The Bertz CT molecular complexity index is 1160. The third-order valence-electron chi connectivity index (χ3n) is 4.74. The normalized spacial score (nSPS) is 11.0. The first-order chi connectivity index (χ1) is 13.5. The monoisotopic (exact) mass is 389 g/mol. The maximum absolute atomic E-state index is 12.9. The number of hydrogen-bond donors (Lipinski definition) is 1. The summed E-state index contributed by atoms with van der Waals surface area (Å²) < 4.78 is 1.89. The van der Waals surface area contributed by atoms with Crippen molar-refractivity contribution in [2.75, 3.05) is 5.32 Å². The molecule has 4 rings (SSSR count). The highest BCUT2D eigenvalue weighted by molar-refractivity contribution is 6.30. The molecule has 1 N–H and O–H groups in total. The average molecular weight is 390 g/mol. The number of benzene rings is 2. The van der Waals surface area contributed by atoms with Crippen molar-refractivity contribution >= 4 is 29.0 Å². The third-order valence-corrected chi connectivity index (χ3v) is 4.97. The van der Waals surface area contributed by atoms with Gasteiger partial charge in [0.15, 0.2) is 0 Å². The van der Waals surface area contributed by atoms with Crippen LogP contribution in [0, 0.1) is 6.92 Å². The van der Waals surface area contributed by atoms with E-state index in [2.05, 4.69) is 12.2 Å². The molecular weight excluding hydrogens is 370 g/mol. The van der Waals surface area contributed by atoms with Crippen LogP contribution in [-0.2, 0) is 6.42 Å². The number of aromatic nitrogens is 2. The van der Waals surface area contributed by atoms with Gasteiger partial charge in [-0.3, -0.25) is 9.20 Å². The van der Waals surface area contributed by atoms with Crippen molar-refractivity contribution in [2.24, 2.45) is 0 Å². The second-order valence-corrected chi connectivity index (χ2v) is 7.19. The molecular formula is C23H20ClN3O. The summed E-state index contributed by atoms with van der Waals surface area (Å²) in [5.74, 6) is 0.454. The van der Waals surface area contributed by atoms with Crippen molar-refractivity contribution in [1.82, 2.24) is 9.38 Å². The van der Waals surface area contributed by atoms with Crippen LogP contribution in [0.2, 0.25) is 5.02 Å². The Kier molecular flexibility index (Phi) is 4.88. The van der Waals surface area contributed by atoms with Gasteiger partial charge in [-0.25, -0.2) is 4.98 Å². The fourth-order valence-electron chi connectivity index (χ4n) is 3.17. The van der Waals surface area contributed by atoms with Gasteiger partial charge in [-0.1, -0.05) is 42.8 Å². The van der Waals surface area contributed by atoms with E-state index >= 15 is 0 Å². The minimum Gasteiger partial charge on any atom is -0.306 e. The number of carbonyl (C=O) groups excluding carboxylic acids is 1. The van der Waals surface area contributed by atoms with Gasteiger partial charge < -0.3 is 5.32 Å². The molecule has 2 heterocycles. The lowest BCUT2D eigenvalue weighted by Gasteiger charge is -2.09. The predicted molar refractivity (Wildman–Crippen MR) is 114 cm³/mol. The number of hydrogen-bond acceptors (Lipinski definition) is 2. The molecule has 0 atom stereocenters. The highest BCUT2D eigenvalue weighted by atomic mass is 35.5. The van der Waals surface area contributed by atoms with Crippen LogP contribution >= 0.6 is 11.6 Å². The molecule has 1 amide bonds. The van der Waals surface area contributed by atoms with E-state index in [-0.39, 0.29) is 5.91 Å². The molecule has 2 aromatic carbocycles. The van der Waals surface area contributed by atoms with Crippen LogP contribution in [-0.4, -0.2) is 15.3 Å². The van der Waals surface area contributed by atoms with Crippen molar-refractivity contribution < 1.29 is 4.79 Å². The molecule has 0 aliphatic carbocycles. The van der Waals surface area contributed by atoms with Gasteiger partial charge in [-0.05, 0) is 60.9 Å². The summed E-state index contributed by atoms with van der Waals surface area (Å²) in [7, 11) is 0. The lowest BCUT2D eigenvalue weighted by Crippen LogP contribution is -2.14. The summed E-state index contributed by atoms with van der Waals surface area (Å²) in [6.45, 7) is 4.11. The zero-order valence-corrected chi connectivity index (χ0v) is 16.5. The van der Waals surface area contributed by atoms with Gasteiger partial charge in [0.2, 0.25) is 0 Å². The topological polar surface area (TPSA) is 46.4 Å². The second-order valence-electron chi connectivity index (χ2n) is 6.76. The summed E-state index contributed by atoms with van der Waals surface area (Å²) in [6, 6.07) is 19.1. The van der Waals surface area contributed by atoms with Crippen molar-refractivity contribution in [3.05, 3.63) is 88.6 Å². The first-order valence-electron chi connectivity index (χ1n) is 9.20. The number of rotatable bonds is 4. The zero-order chi connectivity index (χ0) is 19.7. The lowest BCUT2D eigenvalue weighted by molar-refractivity contribution is 0.102. The molecule has 0 saturated carbocycles. The Hall–Kier alpha value is -3.11. The molecule has 28 heavy (non-hydrogen) atoms. The molecule has 5 heteroatoms.